The van der Waals surface area contributed by atoms with Crippen molar-refractivity contribution in [3.8, 4) is 0 Å². The first-order chi connectivity index (χ1) is 8.21. The minimum atomic E-state index is -1.26. The average molecular weight is 405 g/mol. The summed E-state index contributed by atoms with van der Waals surface area (Å²) in [4.78, 5) is 0. The van der Waals surface area contributed by atoms with Crippen LogP contribution >= 0.6 is 0 Å². The van der Waals surface area contributed by atoms with E-state index in [9.17, 15) is 0 Å². The fraction of sp³-hybridized carbons (Fsp3) is 1.00. The van der Waals surface area contributed by atoms with Gasteiger partial charge in [0.25, 0.3) is 0 Å². The zero-order valence-corrected chi connectivity index (χ0v) is 19.7. The van der Waals surface area contributed by atoms with Crippen LogP contribution in [-0.2, 0) is 0 Å². The van der Waals surface area contributed by atoms with Crippen LogP contribution in [0.25, 0.3) is 0 Å². The van der Waals surface area contributed by atoms with Crippen LogP contribution in [0, 0.1) is 0 Å². The van der Waals surface area contributed by atoms with Crippen molar-refractivity contribution in [2.75, 3.05) is 13.1 Å². The predicted molar refractivity (Wildman–Crippen MR) is 93.6 cm³/mol. The third kappa shape index (κ3) is 3.50. The van der Waals surface area contributed by atoms with E-state index in [0.717, 1.165) is 0 Å². The fourth-order valence-corrected chi connectivity index (χ4v) is 19.8. The van der Waals surface area contributed by atoms with Crippen molar-refractivity contribution in [3.05, 3.63) is 0 Å². The summed E-state index contributed by atoms with van der Waals surface area (Å²) in [5.74, 6) is 0. The quantitative estimate of drug-likeness (QED) is 0.637. The molecule has 1 heterocycles. The Labute approximate surface area is 134 Å². The summed E-state index contributed by atoms with van der Waals surface area (Å²) in [5, 5.41) is 0.995. The molecule has 0 aromatic heterocycles. The Morgan fingerprint density at radius 3 is 1.16 bits per heavy atom. The van der Waals surface area contributed by atoms with Crippen LogP contribution in [0.5, 0.6) is 0 Å². The first-order valence-corrected chi connectivity index (χ1v) is 16.0. The SMILES string of the molecule is CC(C)(C)[Si](C)(C)[N]1CC[N]([Si](C)(C)C(C)(C)C)[Sn]1. The van der Waals surface area contributed by atoms with Crippen molar-refractivity contribution in [2.24, 2.45) is 0 Å². The number of nitrogens with zero attached hydrogens (tertiary/aromatic N) is 2. The first kappa shape index (κ1) is 18.2. The number of rotatable bonds is 2. The molecule has 0 aromatic rings. The second-order valence-corrected chi connectivity index (χ2v) is 25.5. The molecular weight excluding hydrogens is 371 g/mol. The van der Waals surface area contributed by atoms with Gasteiger partial charge in [-0.3, -0.25) is 0 Å². The van der Waals surface area contributed by atoms with Crippen LogP contribution in [-0.4, -0.2) is 56.8 Å². The molecule has 5 heteroatoms. The standard InChI is InChI=1S/C14H34N2Si2.Sn/c1-13(2,3)17(7,8)15-11-12-16-18(9,10)14(4,5)6;/h11-12H2,1-10H3;/q-2;+2. The van der Waals surface area contributed by atoms with Crippen molar-refractivity contribution in [1.29, 1.82) is 0 Å². The Bertz CT molecular complexity index is 297. The molecular formula is C14H34N2Si2Sn. The van der Waals surface area contributed by atoms with E-state index in [0.29, 0.717) is 10.1 Å². The van der Waals surface area contributed by atoms with E-state index < -0.39 is 38.2 Å². The van der Waals surface area contributed by atoms with Gasteiger partial charge < -0.3 is 0 Å². The van der Waals surface area contributed by atoms with Crippen LogP contribution in [0.2, 0.25) is 36.3 Å². The first-order valence-electron chi connectivity index (χ1n) is 7.53. The normalized spacial score (nSPS) is 21.2. The van der Waals surface area contributed by atoms with Crippen molar-refractivity contribution in [2.45, 2.75) is 77.8 Å². The maximum absolute atomic E-state index is 3.00. The molecule has 2 nitrogen and oxygen atoms in total. The molecule has 0 N–H and O–H groups in total. The molecule has 1 fully saturated rings. The molecule has 1 rings (SSSR count). The molecule has 0 atom stereocenters. The topological polar surface area (TPSA) is 6.48 Å². The summed E-state index contributed by atoms with van der Waals surface area (Å²) in [6, 6.07) is 0. The van der Waals surface area contributed by atoms with Gasteiger partial charge in [-0.25, -0.2) is 0 Å². The monoisotopic (exact) mass is 406 g/mol. The van der Waals surface area contributed by atoms with Gasteiger partial charge in [-0.15, -0.1) is 0 Å². The minimum absolute atomic E-state index is 0.497. The van der Waals surface area contributed by atoms with Crippen molar-refractivity contribution >= 4 is 38.2 Å². The summed E-state index contributed by atoms with van der Waals surface area (Å²) in [6.45, 7) is 27.8. The molecule has 0 spiro atoms. The molecule has 112 valence electrons. The molecule has 0 unspecified atom stereocenters. The van der Waals surface area contributed by atoms with Gasteiger partial charge in [0.05, 0.1) is 0 Å². The van der Waals surface area contributed by atoms with Gasteiger partial charge in [0.1, 0.15) is 0 Å². The molecule has 0 saturated carbocycles. The molecule has 0 aliphatic carbocycles. The van der Waals surface area contributed by atoms with Gasteiger partial charge in [-0.05, 0) is 0 Å². The maximum atomic E-state index is 3.00. The van der Waals surface area contributed by atoms with E-state index >= 15 is 0 Å². The van der Waals surface area contributed by atoms with E-state index in [1.54, 1.807) is 0 Å². The zero-order valence-electron chi connectivity index (χ0n) is 14.8. The van der Waals surface area contributed by atoms with Crippen LogP contribution in [0.3, 0.4) is 0 Å². The third-order valence-corrected chi connectivity index (χ3v) is 29.9. The van der Waals surface area contributed by atoms with E-state index in [2.05, 4.69) is 73.3 Å². The Morgan fingerprint density at radius 2 is 0.947 bits per heavy atom. The Kier molecular flexibility index (Phi) is 5.18. The van der Waals surface area contributed by atoms with Crippen LogP contribution < -0.4 is 0 Å². The molecule has 2 radical (unpaired) electrons. The van der Waals surface area contributed by atoms with Crippen molar-refractivity contribution in [3.63, 3.8) is 0 Å². The Balaban J connectivity index is 2.86. The molecule has 0 amide bonds. The molecule has 1 aliphatic heterocycles. The Hall–Kier alpha value is 1.15. The number of hydrogen-bond acceptors (Lipinski definition) is 2. The molecule has 19 heavy (non-hydrogen) atoms. The van der Waals surface area contributed by atoms with Crippen LogP contribution in [0.15, 0.2) is 0 Å². The van der Waals surface area contributed by atoms with E-state index in [-0.39, 0.29) is 0 Å². The second-order valence-electron chi connectivity index (χ2n) is 9.02. The summed E-state index contributed by atoms with van der Waals surface area (Å²) in [7, 11) is -2.52. The summed E-state index contributed by atoms with van der Waals surface area (Å²) < 4.78 is 5.99. The van der Waals surface area contributed by atoms with Gasteiger partial charge in [0, 0.05) is 0 Å². The number of hydrogen-bond donors (Lipinski definition) is 0. The van der Waals surface area contributed by atoms with Gasteiger partial charge in [-0.2, -0.15) is 0 Å². The zero-order chi connectivity index (χ0) is 15.3. The fourth-order valence-electron chi connectivity index (χ4n) is 2.06. The predicted octanol–water partition coefficient (Wildman–Crippen LogP) is 4.15. The average Bonchev–Trinajstić information content (AvgIpc) is 2.62. The van der Waals surface area contributed by atoms with Gasteiger partial charge in [0.15, 0.2) is 0 Å². The van der Waals surface area contributed by atoms with Gasteiger partial charge in [-0.1, -0.05) is 0 Å². The van der Waals surface area contributed by atoms with E-state index in [1.807, 2.05) is 0 Å². The van der Waals surface area contributed by atoms with Crippen LogP contribution in [0.4, 0.5) is 0 Å². The van der Waals surface area contributed by atoms with Gasteiger partial charge >= 0.3 is 135 Å². The van der Waals surface area contributed by atoms with Gasteiger partial charge in [0.2, 0.25) is 0 Å². The Morgan fingerprint density at radius 1 is 0.684 bits per heavy atom. The molecule has 1 saturated heterocycles. The van der Waals surface area contributed by atoms with Crippen LogP contribution in [0.1, 0.15) is 41.5 Å². The second kappa shape index (κ2) is 5.41. The van der Waals surface area contributed by atoms with Crippen molar-refractivity contribution < 1.29 is 0 Å². The van der Waals surface area contributed by atoms with E-state index in [1.165, 1.54) is 13.1 Å². The summed E-state index contributed by atoms with van der Waals surface area (Å²) in [6.07, 6.45) is 0. The molecule has 0 bridgehead atoms. The summed E-state index contributed by atoms with van der Waals surface area (Å²) >= 11 is -0.525. The molecule has 1 aliphatic rings. The van der Waals surface area contributed by atoms with Crippen molar-refractivity contribution in [1.82, 2.24) is 5.57 Å². The summed E-state index contributed by atoms with van der Waals surface area (Å²) in [5.41, 5.74) is 0. The third-order valence-electron chi connectivity index (χ3n) is 5.81. The van der Waals surface area contributed by atoms with E-state index in [4.69, 9.17) is 0 Å². The molecule has 0 aromatic carbocycles.